The second-order valence-corrected chi connectivity index (χ2v) is 3.23. The zero-order chi connectivity index (χ0) is 9.68. The van der Waals surface area contributed by atoms with Crippen molar-refractivity contribution in [2.75, 3.05) is 6.54 Å². The summed E-state index contributed by atoms with van der Waals surface area (Å²) in [6.07, 6.45) is 3.99. The fourth-order valence-electron chi connectivity index (χ4n) is 1.54. The first-order chi connectivity index (χ1) is 6.24. The Morgan fingerprint density at radius 3 is 2.46 bits per heavy atom. The lowest BCUT2D eigenvalue weighted by atomic mass is 10.1. The lowest BCUT2D eigenvalue weighted by Gasteiger charge is -2.08. The molecule has 0 heterocycles. The minimum absolute atomic E-state index is 0.0616. The summed E-state index contributed by atoms with van der Waals surface area (Å²) in [6.45, 7) is -0.147. The summed E-state index contributed by atoms with van der Waals surface area (Å²) in [7, 11) is 0. The Hall–Kier alpha value is -1.10. The third-order valence-electron chi connectivity index (χ3n) is 2.27. The molecular formula is C8H14N2O3. The molecule has 13 heavy (non-hydrogen) atoms. The van der Waals surface area contributed by atoms with Crippen molar-refractivity contribution in [3.05, 3.63) is 0 Å². The van der Waals surface area contributed by atoms with Crippen molar-refractivity contribution >= 4 is 11.8 Å². The third kappa shape index (κ3) is 3.02. The van der Waals surface area contributed by atoms with Crippen molar-refractivity contribution in [2.24, 2.45) is 5.92 Å². The number of rotatable bonds is 3. The Balaban J connectivity index is 2.20. The van der Waals surface area contributed by atoms with Gasteiger partial charge in [0, 0.05) is 5.92 Å². The number of carbonyl (C=O) groups excluding carboxylic acids is 2. The maximum absolute atomic E-state index is 11.3. The first-order valence-electron chi connectivity index (χ1n) is 4.44. The van der Waals surface area contributed by atoms with Gasteiger partial charge in [0.1, 0.15) is 0 Å². The van der Waals surface area contributed by atoms with Gasteiger partial charge in [0.2, 0.25) is 5.91 Å². The zero-order valence-corrected chi connectivity index (χ0v) is 7.38. The highest BCUT2D eigenvalue weighted by molar-refractivity contribution is 5.85. The number of carbonyl (C=O) groups is 2. The topological polar surface area (TPSA) is 78.4 Å². The highest BCUT2D eigenvalue weighted by Crippen LogP contribution is 2.24. The SMILES string of the molecule is O=C(CNC(=O)C1CCCC1)NO. The maximum Gasteiger partial charge on any atom is 0.262 e. The zero-order valence-electron chi connectivity index (χ0n) is 7.38. The Morgan fingerprint density at radius 1 is 1.31 bits per heavy atom. The van der Waals surface area contributed by atoms with Crippen LogP contribution in [-0.2, 0) is 9.59 Å². The molecule has 5 nitrogen and oxygen atoms in total. The van der Waals surface area contributed by atoms with Gasteiger partial charge in [-0.15, -0.1) is 0 Å². The average molecular weight is 186 g/mol. The van der Waals surface area contributed by atoms with Crippen molar-refractivity contribution in [1.82, 2.24) is 10.8 Å². The third-order valence-corrected chi connectivity index (χ3v) is 2.27. The smallest absolute Gasteiger partial charge is 0.262 e. The van der Waals surface area contributed by atoms with E-state index in [-0.39, 0.29) is 18.4 Å². The van der Waals surface area contributed by atoms with E-state index in [0.29, 0.717) is 0 Å². The van der Waals surface area contributed by atoms with Crippen LogP contribution in [-0.4, -0.2) is 23.6 Å². The van der Waals surface area contributed by atoms with Crippen LogP contribution >= 0.6 is 0 Å². The maximum atomic E-state index is 11.3. The van der Waals surface area contributed by atoms with Gasteiger partial charge >= 0.3 is 0 Å². The Labute approximate surface area is 76.5 Å². The van der Waals surface area contributed by atoms with Crippen molar-refractivity contribution in [3.8, 4) is 0 Å². The van der Waals surface area contributed by atoms with Crippen LogP contribution in [0.5, 0.6) is 0 Å². The predicted molar refractivity (Wildman–Crippen MR) is 44.9 cm³/mol. The van der Waals surface area contributed by atoms with Gasteiger partial charge in [-0.1, -0.05) is 12.8 Å². The summed E-state index contributed by atoms with van der Waals surface area (Å²) >= 11 is 0. The minimum atomic E-state index is -0.591. The average Bonchev–Trinajstić information content (AvgIpc) is 2.66. The summed E-state index contributed by atoms with van der Waals surface area (Å²) in [5.74, 6) is -0.612. The molecular weight excluding hydrogens is 172 g/mol. The standard InChI is InChI=1S/C8H14N2O3/c11-7(10-13)5-9-8(12)6-3-1-2-4-6/h6,13H,1-5H2,(H,9,12)(H,10,11). The molecule has 0 saturated heterocycles. The molecule has 74 valence electrons. The summed E-state index contributed by atoms with van der Waals surface area (Å²) in [5, 5.41) is 10.6. The van der Waals surface area contributed by atoms with Crippen LogP contribution < -0.4 is 10.8 Å². The van der Waals surface area contributed by atoms with E-state index in [1.165, 1.54) is 5.48 Å². The van der Waals surface area contributed by atoms with Crippen molar-refractivity contribution in [3.63, 3.8) is 0 Å². The van der Waals surface area contributed by atoms with Crippen LogP contribution in [0.15, 0.2) is 0 Å². The molecule has 5 heteroatoms. The second-order valence-electron chi connectivity index (χ2n) is 3.23. The lowest BCUT2D eigenvalue weighted by Crippen LogP contribution is -2.38. The molecule has 0 aliphatic heterocycles. The predicted octanol–water partition coefficient (Wildman–Crippen LogP) is -0.202. The molecule has 1 aliphatic carbocycles. The molecule has 0 aromatic heterocycles. The number of hydroxylamine groups is 1. The van der Waals surface area contributed by atoms with Crippen molar-refractivity contribution in [1.29, 1.82) is 0 Å². The van der Waals surface area contributed by atoms with Gasteiger partial charge in [-0.3, -0.25) is 14.8 Å². The quantitative estimate of drug-likeness (QED) is 0.422. The Kier molecular flexibility index (Phi) is 3.70. The summed E-state index contributed by atoms with van der Waals surface area (Å²) in [4.78, 5) is 21.8. The lowest BCUT2D eigenvalue weighted by molar-refractivity contribution is -0.132. The van der Waals surface area contributed by atoms with Gasteiger partial charge in [-0.25, -0.2) is 5.48 Å². The first-order valence-corrected chi connectivity index (χ1v) is 4.44. The van der Waals surface area contributed by atoms with Gasteiger partial charge in [0.15, 0.2) is 0 Å². The van der Waals surface area contributed by atoms with Gasteiger partial charge in [-0.2, -0.15) is 0 Å². The molecule has 0 bridgehead atoms. The fourth-order valence-corrected chi connectivity index (χ4v) is 1.54. The Bertz CT molecular complexity index is 200. The summed E-state index contributed by atoms with van der Waals surface area (Å²) in [6, 6.07) is 0. The Morgan fingerprint density at radius 2 is 1.92 bits per heavy atom. The molecule has 1 aliphatic rings. The number of hydrogen-bond acceptors (Lipinski definition) is 3. The summed E-state index contributed by atoms with van der Waals surface area (Å²) in [5.41, 5.74) is 1.46. The number of hydrogen-bond donors (Lipinski definition) is 3. The van der Waals surface area contributed by atoms with Gasteiger partial charge in [0.25, 0.3) is 5.91 Å². The highest BCUT2D eigenvalue weighted by atomic mass is 16.5. The molecule has 0 atom stereocenters. The van der Waals surface area contributed by atoms with E-state index in [2.05, 4.69) is 5.32 Å². The highest BCUT2D eigenvalue weighted by Gasteiger charge is 2.22. The monoisotopic (exact) mass is 186 g/mol. The van der Waals surface area contributed by atoms with E-state index in [0.717, 1.165) is 25.7 Å². The van der Waals surface area contributed by atoms with Crippen LogP contribution in [0.3, 0.4) is 0 Å². The van der Waals surface area contributed by atoms with E-state index in [4.69, 9.17) is 5.21 Å². The van der Waals surface area contributed by atoms with Crippen molar-refractivity contribution < 1.29 is 14.8 Å². The van der Waals surface area contributed by atoms with Crippen LogP contribution in [0.1, 0.15) is 25.7 Å². The molecule has 0 radical (unpaired) electrons. The van der Waals surface area contributed by atoms with Crippen LogP contribution in [0.2, 0.25) is 0 Å². The number of amides is 2. The van der Waals surface area contributed by atoms with Crippen LogP contribution in [0, 0.1) is 5.92 Å². The van der Waals surface area contributed by atoms with E-state index in [9.17, 15) is 9.59 Å². The molecule has 0 aromatic rings. The fraction of sp³-hybridized carbons (Fsp3) is 0.750. The summed E-state index contributed by atoms with van der Waals surface area (Å²) < 4.78 is 0. The van der Waals surface area contributed by atoms with E-state index < -0.39 is 5.91 Å². The van der Waals surface area contributed by atoms with E-state index >= 15 is 0 Å². The second kappa shape index (κ2) is 4.81. The largest absolute Gasteiger partial charge is 0.347 e. The molecule has 1 saturated carbocycles. The molecule has 0 spiro atoms. The molecule has 1 fully saturated rings. The van der Waals surface area contributed by atoms with Gasteiger partial charge < -0.3 is 5.32 Å². The van der Waals surface area contributed by atoms with E-state index in [1.54, 1.807) is 0 Å². The van der Waals surface area contributed by atoms with Gasteiger partial charge in [-0.05, 0) is 12.8 Å². The number of nitrogens with one attached hydrogen (secondary N) is 2. The van der Waals surface area contributed by atoms with Crippen LogP contribution in [0.4, 0.5) is 0 Å². The van der Waals surface area contributed by atoms with Crippen molar-refractivity contribution in [2.45, 2.75) is 25.7 Å². The normalized spacial score (nSPS) is 17.0. The molecule has 3 N–H and O–H groups in total. The molecule has 0 unspecified atom stereocenters. The minimum Gasteiger partial charge on any atom is -0.347 e. The van der Waals surface area contributed by atoms with Crippen LogP contribution in [0.25, 0.3) is 0 Å². The van der Waals surface area contributed by atoms with E-state index in [1.807, 2.05) is 0 Å². The molecule has 1 rings (SSSR count). The van der Waals surface area contributed by atoms with Gasteiger partial charge in [0.05, 0.1) is 6.54 Å². The molecule has 0 aromatic carbocycles. The first kappa shape index (κ1) is 9.98. The molecule has 2 amide bonds.